The van der Waals surface area contributed by atoms with Crippen molar-refractivity contribution < 1.29 is 19.2 Å². The number of amides is 1. The first-order chi connectivity index (χ1) is 14.8. The van der Waals surface area contributed by atoms with Crippen LogP contribution in [0.3, 0.4) is 0 Å². The lowest BCUT2D eigenvalue weighted by Crippen LogP contribution is -2.61. The van der Waals surface area contributed by atoms with Crippen LogP contribution in [-0.4, -0.2) is 39.7 Å². The fraction of sp³-hybridized carbons (Fsp3) is 0.783. The number of hydrogen-bond donors (Lipinski definition) is 2. The fourth-order valence-electron chi connectivity index (χ4n) is 5.98. The zero-order chi connectivity index (χ0) is 21.8. The van der Waals surface area contributed by atoms with Crippen molar-refractivity contribution in [3.8, 4) is 11.9 Å². The molecule has 2 N–H and O–H groups in total. The Morgan fingerprint density at radius 3 is 2.65 bits per heavy atom. The van der Waals surface area contributed by atoms with Gasteiger partial charge in [0.2, 0.25) is 5.76 Å². The summed E-state index contributed by atoms with van der Waals surface area (Å²) in [6, 6.07) is 2.30. The Kier molecular flexibility index (Phi) is 5.25. The summed E-state index contributed by atoms with van der Waals surface area (Å²) >= 11 is 1.60. The second-order valence-electron chi connectivity index (χ2n) is 10.8. The molecule has 0 radical (unpaired) electrons. The molecule has 5 aliphatic carbocycles. The Labute approximate surface area is 187 Å². The molecule has 4 bridgehead atoms. The van der Waals surface area contributed by atoms with Gasteiger partial charge in [-0.2, -0.15) is 5.26 Å². The largest absolute Gasteiger partial charge is 0.473 e. The summed E-state index contributed by atoms with van der Waals surface area (Å²) in [6.45, 7) is 3.79. The highest BCUT2D eigenvalue weighted by molar-refractivity contribution is 8.00. The highest BCUT2D eigenvalue weighted by Gasteiger charge is 2.55. The van der Waals surface area contributed by atoms with Crippen LogP contribution in [0.2, 0.25) is 0 Å². The molecule has 1 amide bonds. The number of aliphatic hydroxyl groups is 1. The smallest absolute Gasteiger partial charge is 0.291 e. The van der Waals surface area contributed by atoms with Crippen molar-refractivity contribution in [2.75, 3.05) is 6.61 Å². The van der Waals surface area contributed by atoms with Crippen molar-refractivity contribution in [1.82, 2.24) is 10.5 Å². The van der Waals surface area contributed by atoms with Gasteiger partial charge in [-0.25, -0.2) is 0 Å². The van der Waals surface area contributed by atoms with E-state index in [4.69, 9.17) is 9.26 Å². The Bertz CT molecular complexity index is 887. The minimum atomic E-state index is -0.652. The number of rotatable bonds is 7. The molecule has 2 atom stereocenters. The van der Waals surface area contributed by atoms with Gasteiger partial charge in [0, 0.05) is 11.3 Å². The molecule has 1 heterocycles. The molecule has 0 saturated heterocycles. The second-order valence-corrected chi connectivity index (χ2v) is 12.1. The third-order valence-electron chi connectivity index (χ3n) is 7.57. The quantitative estimate of drug-likeness (QED) is 0.655. The van der Waals surface area contributed by atoms with Crippen LogP contribution in [0.4, 0.5) is 0 Å². The number of nitrogens with zero attached hydrogens (tertiary/aromatic N) is 2. The third-order valence-corrected chi connectivity index (χ3v) is 8.97. The summed E-state index contributed by atoms with van der Waals surface area (Å²) in [5.74, 6) is 1.54. The van der Waals surface area contributed by atoms with Gasteiger partial charge in [0.05, 0.1) is 17.1 Å². The van der Waals surface area contributed by atoms with Crippen molar-refractivity contribution in [3.63, 3.8) is 0 Å². The van der Waals surface area contributed by atoms with Crippen molar-refractivity contribution in [3.05, 3.63) is 5.76 Å². The zero-order valence-corrected chi connectivity index (χ0v) is 19.0. The molecule has 0 spiro atoms. The maximum Gasteiger partial charge on any atom is 0.291 e. The molecule has 5 aliphatic rings. The summed E-state index contributed by atoms with van der Waals surface area (Å²) in [4.78, 5) is 13.9. The van der Waals surface area contributed by atoms with Gasteiger partial charge in [-0.15, -0.1) is 11.8 Å². The molecule has 5 saturated carbocycles. The average Bonchev–Trinajstić information content (AvgIpc) is 3.07. The molecule has 31 heavy (non-hydrogen) atoms. The first-order valence-electron chi connectivity index (χ1n) is 11.5. The van der Waals surface area contributed by atoms with Crippen LogP contribution in [0.1, 0.15) is 75.8 Å². The minimum Gasteiger partial charge on any atom is -0.473 e. The third kappa shape index (κ3) is 4.07. The van der Waals surface area contributed by atoms with E-state index in [1.54, 1.807) is 25.6 Å². The summed E-state index contributed by atoms with van der Waals surface area (Å²) in [5.41, 5.74) is -1.18. The first-order valence-corrected chi connectivity index (χ1v) is 12.4. The molecule has 168 valence electrons. The number of nitrogens with one attached hydrogen (secondary N) is 1. The van der Waals surface area contributed by atoms with Gasteiger partial charge in [-0.1, -0.05) is 6.42 Å². The molecular formula is C23H31N3O4S. The number of carbonyl (C=O) groups is 1. The van der Waals surface area contributed by atoms with E-state index in [1.165, 1.54) is 6.42 Å². The minimum absolute atomic E-state index is 0.0814. The van der Waals surface area contributed by atoms with Gasteiger partial charge >= 0.3 is 0 Å². The van der Waals surface area contributed by atoms with E-state index in [0.29, 0.717) is 33.8 Å². The van der Waals surface area contributed by atoms with E-state index in [1.807, 2.05) is 0 Å². The van der Waals surface area contributed by atoms with Gasteiger partial charge in [0.1, 0.15) is 11.5 Å². The summed E-state index contributed by atoms with van der Waals surface area (Å²) in [6.07, 6.45) is 8.05. The molecule has 8 heteroatoms. The number of thioether (sulfide) groups is 1. The molecule has 2 unspecified atom stereocenters. The van der Waals surface area contributed by atoms with Gasteiger partial charge in [-0.05, 0) is 81.7 Å². The summed E-state index contributed by atoms with van der Waals surface area (Å²) < 4.78 is 11.3. The lowest BCUT2D eigenvalue weighted by molar-refractivity contribution is -0.137. The van der Waals surface area contributed by atoms with Crippen LogP contribution < -0.4 is 10.1 Å². The maximum atomic E-state index is 13.3. The highest BCUT2D eigenvalue weighted by atomic mass is 32.2. The Hall–Kier alpha value is -1.72. The van der Waals surface area contributed by atoms with Crippen LogP contribution in [0, 0.1) is 34.5 Å². The molecule has 0 aliphatic heterocycles. The van der Waals surface area contributed by atoms with Gasteiger partial charge in [0.25, 0.3) is 11.8 Å². The SMILES string of the molecule is CC(C)(C#N)COc1noc(C(=O)N[C@H]2C3CC4CC2C[C@](O)(C4)C3)c1SC1CCC1. The summed E-state index contributed by atoms with van der Waals surface area (Å²) in [7, 11) is 0. The van der Waals surface area contributed by atoms with Crippen LogP contribution in [0.25, 0.3) is 0 Å². The Morgan fingerprint density at radius 1 is 1.35 bits per heavy atom. The lowest BCUT2D eigenvalue weighted by atomic mass is 9.52. The first kappa shape index (κ1) is 21.1. The van der Waals surface area contributed by atoms with E-state index in [0.717, 1.165) is 44.9 Å². The number of hydrogen-bond acceptors (Lipinski definition) is 7. The van der Waals surface area contributed by atoms with E-state index in [9.17, 15) is 15.2 Å². The molecular weight excluding hydrogens is 414 g/mol. The number of ether oxygens (including phenoxy) is 1. The standard InChI is InChI=1S/C23H31N3O4S/c1-22(2,11-24)12-29-21-19(31-16-4-3-5-16)18(30-26-21)20(27)25-17-14-6-13-7-15(17)10-23(28,8-13)9-14/h13-17,28H,3-10,12H2,1-2H3,(H,25,27)/t13?,14?,15?,17-,23-. The van der Waals surface area contributed by atoms with Crippen LogP contribution in [0.15, 0.2) is 9.42 Å². The van der Waals surface area contributed by atoms with Crippen LogP contribution in [-0.2, 0) is 0 Å². The number of carbonyl (C=O) groups excluding carboxylic acids is 1. The van der Waals surface area contributed by atoms with E-state index in [-0.39, 0.29) is 24.3 Å². The predicted molar refractivity (Wildman–Crippen MR) is 115 cm³/mol. The molecule has 5 fully saturated rings. The predicted octanol–water partition coefficient (Wildman–Crippen LogP) is 3.92. The van der Waals surface area contributed by atoms with Gasteiger partial charge < -0.3 is 19.7 Å². The second kappa shape index (κ2) is 7.70. The van der Waals surface area contributed by atoms with Crippen molar-refractivity contribution in [2.24, 2.45) is 23.2 Å². The summed E-state index contributed by atoms with van der Waals surface area (Å²) in [5, 5.41) is 27.8. The Morgan fingerprint density at radius 2 is 2.06 bits per heavy atom. The Balaban J connectivity index is 1.33. The van der Waals surface area contributed by atoms with E-state index in [2.05, 4.69) is 16.5 Å². The number of aromatic nitrogens is 1. The molecule has 7 nitrogen and oxygen atoms in total. The number of nitriles is 1. The highest BCUT2D eigenvalue weighted by Crippen LogP contribution is 2.55. The van der Waals surface area contributed by atoms with Crippen molar-refractivity contribution >= 4 is 17.7 Å². The maximum absolute atomic E-state index is 13.3. The van der Waals surface area contributed by atoms with Crippen LogP contribution >= 0.6 is 11.8 Å². The lowest BCUT2D eigenvalue weighted by Gasteiger charge is -2.58. The molecule has 1 aromatic rings. The van der Waals surface area contributed by atoms with Crippen LogP contribution in [0.5, 0.6) is 5.88 Å². The molecule has 1 aromatic heterocycles. The fourth-order valence-corrected chi connectivity index (χ4v) is 7.31. The topological polar surface area (TPSA) is 108 Å². The van der Waals surface area contributed by atoms with E-state index < -0.39 is 11.0 Å². The monoisotopic (exact) mass is 445 g/mol. The normalized spacial score (nSPS) is 34.3. The van der Waals surface area contributed by atoms with Gasteiger partial charge in [0.15, 0.2) is 0 Å². The van der Waals surface area contributed by atoms with Crippen molar-refractivity contribution in [2.45, 2.75) is 87.0 Å². The average molecular weight is 446 g/mol. The van der Waals surface area contributed by atoms with Crippen molar-refractivity contribution in [1.29, 1.82) is 5.26 Å². The molecule has 0 aromatic carbocycles. The zero-order valence-electron chi connectivity index (χ0n) is 18.2. The molecule has 6 rings (SSSR count). The van der Waals surface area contributed by atoms with Gasteiger partial charge in [-0.3, -0.25) is 4.79 Å². The van der Waals surface area contributed by atoms with E-state index >= 15 is 0 Å².